The van der Waals surface area contributed by atoms with Crippen LogP contribution in [-0.4, -0.2) is 30.8 Å². The van der Waals surface area contributed by atoms with Gasteiger partial charge in [0.15, 0.2) is 0 Å². The third-order valence-electron chi connectivity index (χ3n) is 3.77. The van der Waals surface area contributed by atoms with Crippen molar-refractivity contribution in [2.75, 3.05) is 18.1 Å². The fourth-order valence-corrected chi connectivity index (χ4v) is 2.77. The minimum atomic E-state index is 0.0868. The molecule has 2 atom stereocenters. The zero-order valence-corrected chi connectivity index (χ0v) is 14.5. The van der Waals surface area contributed by atoms with Crippen molar-refractivity contribution in [3.8, 4) is 0 Å². The van der Waals surface area contributed by atoms with E-state index in [0.29, 0.717) is 6.04 Å². The Kier molecular flexibility index (Phi) is 5.18. The Morgan fingerprint density at radius 2 is 2.05 bits per heavy atom. The standard InChI is InChI=1S/C17H27ClN2O/c1-12-11-21-13(2)10-20(12)16-7-6-15(18)8-14(16)9-19-17(3,4)5/h6-8,12-13,19H,9-11H2,1-5H3. The summed E-state index contributed by atoms with van der Waals surface area (Å²) in [4.78, 5) is 2.43. The van der Waals surface area contributed by atoms with Crippen molar-refractivity contribution in [1.82, 2.24) is 5.32 Å². The highest BCUT2D eigenvalue weighted by Gasteiger charge is 2.25. The van der Waals surface area contributed by atoms with E-state index in [4.69, 9.17) is 16.3 Å². The van der Waals surface area contributed by atoms with Crippen LogP contribution in [0, 0.1) is 0 Å². The predicted octanol–water partition coefficient (Wildman–Crippen LogP) is 3.84. The predicted molar refractivity (Wildman–Crippen MR) is 90.3 cm³/mol. The number of benzene rings is 1. The number of anilines is 1. The van der Waals surface area contributed by atoms with E-state index in [0.717, 1.165) is 24.7 Å². The van der Waals surface area contributed by atoms with E-state index in [1.165, 1.54) is 11.3 Å². The Morgan fingerprint density at radius 1 is 1.33 bits per heavy atom. The quantitative estimate of drug-likeness (QED) is 0.918. The molecular formula is C17H27ClN2O. The van der Waals surface area contributed by atoms with Crippen LogP contribution in [0.1, 0.15) is 40.2 Å². The van der Waals surface area contributed by atoms with Gasteiger partial charge in [-0.15, -0.1) is 0 Å². The Labute approximate surface area is 133 Å². The number of halogens is 1. The molecule has 2 unspecified atom stereocenters. The summed E-state index contributed by atoms with van der Waals surface area (Å²) in [6.07, 6.45) is 0.264. The van der Waals surface area contributed by atoms with Crippen LogP contribution in [0.3, 0.4) is 0 Å². The van der Waals surface area contributed by atoms with Crippen molar-refractivity contribution < 1.29 is 4.74 Å². The molecule has 1 aliphatic heterocycles. The maximum atomic E-state index is 6.20. The summed E-state index contributed by atoms with van der Waals surface area (Å²) in [6, 6.07) is 6.57. The third-order valence-corrected chi connectivity index (χ3v) is 4.00. The fraction of sp³-hybridized carbons (Fsp3) is 0.647. The van der Waals surface area contributed by atoms with Crippen molar-refractivity contribution in [3.05, 3.63) is 28.8 Å². The topological polar surface area (TPSA) is 24.5 Å². The largest absolute Gasteiger partial charge is 0.375 e. The smallest absolute Gasteiger partial charge is 0.0723 e. The van der Waals surface area contributed by atoms with Gasteiger partial charge in [-0.2, -0.15) is 0 Å². The van der Waals surface area contributed by atoms with Gasteiger partial charge in [-0.3, -0.25) is 0 Å². The molecule has 1 fully saturated rings. The minimum absolute atomic E-state index is 0.0868. The van der Waals surface area contributed by atoms with Crippen molar-refractivity contribution in [2.45, 2.75) is 58.8 Å². The van der Waals surface area contributed by atoms with Gasteiger partial charge in [-0.25, -0.2) is 0 Å². The second-order valence-corrected chi connectivity index (χ2v) is 7.46. The molecule has 1 saturated heterocycles. The molecule has 0 amide bonds. The number of hydrogen-bond acceptors (Lipinski definition) is 3. The first-order chi connectivity index (χ1) is 9.76. The van der Waals surface area contributed by atoms with Crippen LogP contribution in [0.5, 0.6) is 0 Å². The van der Waals surface area contributed by atoms with Gasteiger partial charge >= 0.3 is 0 Å². The lowest BCUT2D eigenvalue weighted by Gasteiger charge is -2.39. The number of rotatable bonds is 3. The number of nitrogens with zero attached hydrogens (tertiary/aromatic N) is 1. The van der Waals surface area contributed by atoms with Crippen LogP contribution in [0.4, 0.5) is 5.69 Å². The molecule has 118 valence electrons. The molecular weight excluding hydrogens is 284 g/mol. The molecule has 3 nitrogen and oxygen atoms in total. The molecule has 21 heavy (non-hydrogen) atoms. The van der Waals surface area contributed by atoms with E-state index in [-0.39, 0.29) is 11.6 Å². The molecule has 1 aliphatic rings. The number of ether oxygens (including phenoxy) is 1. The summed E-state index contributed by atoms with van der Waals surface area (Å²) in [5.41, 5.74) is 2.60. The monoisotopic (exact) mass is 310 g/mol. The molecule has 0 aromatic heterocycles. The number of hydrogen-bond donors (Lipinski definition) is 1. The van der Waals surface area contributed by atoms with Crippen LogP contribution in [0.15, 0.2) is 18.2 Å². The summed E-state index contributed by atoms with van der Waals surface area (Å²) in [5, 5.41) is 4.34. The molecule has 0 spiro atoms. The molecule has 0 saturated carbocycles. The van der Waals surface area contributed by atoms with E-state index in [2.05, 4.69) is 57.0 Å². The highest BCUT2D eigenvalue weighted by molar-refractivity contribution is 6.30. The second kappa shape index (κ2) is 6.55. The van der Waals surface area contributed by atoms with Crippen LogP contribution in [-0.2, 0) is 11.3 Å². The minimum Gasteiger partial charge on any atom is -0.375 e. The Hall–Kier alpha value is -0.770. The van der Waals surface area contributed by atoms with Crippen molar-refractivity contribution in [1.29, 1.82) is 0 Å². The molecule has 0 radical (unpaired) electrons. The molecule has 4 heteroatoms. The molecule has 1 aromatic carbocycles. The van der Waals surface area contributed by atoms with Gasteiger partial charge in [-0.05, 0) is 58.4 Å². The Morgan fingerprint density at radius 3 is 2.71 bits per heavy atom. The first kappa shape index (κ1) is 16.6. The van der Waals surface area contributed by atoms with Gasteiger partial charge in [0.05, 0.1) is 12.7 Å². The van der Waals surface area contributed by atoms with Crippen LogP contribution < -0.4 is 10.2 Å². The van der Waals surface area contributed by atoms with Crippen LogP contribution in [0.2, 0.25) is 5.02 Å². The highest BCUT2D eigenvalue weighted by Crippen LogP contribution is 2.28. The zero-order valence-electron chi connectivity index (χ0n) is 13.7. The molecule has 0 aliphatic carbocycles. The fourth-order valence-electron chi connectivity index (χ4n) is 2.58. The number of morpholine rings is 1. The van der Waals surface area contributed by atoms with Gasteiger partial charge in [0.1, 0.15) is 0 Å². The van der Waals surface area contributed by atoms with Crippen LogP contribution in [0.25, 0.3) is 0 Å². The third kappa shape index (κ3) is 4.60. The average molecular weight is 311 g/mol. The maximum absolute atomic E-state index is 6.20. The molecule has 0 bridgehead atoms. The van der Waals surface area contributed by atoms with E-state index < -0.39 is 0 Å². The summed E-state index contributed by atoms with van der Waals surface area (Å²) in [6.45, 7) is 13.4. The lowest BCUT2D eigenvalue weighted by Crippen LogP contribution is -2.48. The van der Waals surface area contributed by atoms with Gasteiger partial charge in [0.2, 0.25) is 0 Å². The van der Waals surface area contributed by atoms with Gasteiger partial charge in [0.25, 0.3) is 0 Å². The van der Waals surface area contributed by atoms with E-state index in [9.17, 15) is 0 Å². The van der Waals surface area contributed by atoms with Gasteiger partial charge in [0, 0.05) is 35.4 Å². The zero-order chi connectivity index (χ0) is 15.6. The number of nitrogens with one attached hydrogen (secondary N) is 1. The average Bonchev–Trinajstić information content (AvgIpc) is 2.39. The van der Waals surface area contributed by atoms with Gasteiger partial charge in [-0.1, -0.05) is 11.6 Å². The SMILES string of the molecule is CC1CN(c2ccc(Cl)cc2CNC(C)(C)C)C(C)CO1. The highest BCUT2D eigenvalue weighted by atomic mass is 35.5. The Bertz CT molecular complexity index is 484. The van der Waals surface area contributed by atoms with Crippen molar-refractivity contribution in [3.63, 3.8) is 0 Å². The first-order valence-electron chi connectivity index (χ1n) is 7.68. The summed E-state index contributed by atoms with van der Waals surface area (Å²) in [5.74, 6) is 0. The van der Waals surface area contributed by atoms with Crippen LogP contribution >= 0.6 is 11.6 Å². The van der Waals surface area contributed by atoms with Crippen molar-refractivity contribution >= 4 is 17.3 Å². The van der Waals surface area contributed by atoms with Gasteiger partial charge < -0.3 is 15.0 Å². The summed E-state index contributed by atoms with van der Waals surface area (Å²) in [7, 11) is 0. The maximum Gasteiger partial charge on any atom is 0.0723 e. The molecule has 1 heterocycles. The second-order valence-electron chi connectivity index (χ2n) is 7.02. The Balaban J connectivity index is 2.25. The lowest BCUT2D eigenvalue weighted by molar-refractivity contribution is 0.0343. The van der Waals surface area contributed by atoms with E-state index in [1.54, 1.807) is 0 Å². The molecule has 1 aromatic rings. The molecule has 2 rings (SSSR count). The van der Waals surface area contributed by atoms with Crippen molar-refractivity contribution in [2.24, 2.45) is 0 Å². The van der Waals surface area contributed by atoms with E-state index >= 15 is 0 Å². The lowest BCUT2D eigenvalue weighted by atomic mass is 10.1. The first-order valence-corrected chi connectivity index (χ1v) is 8.06. The molecule has 1 N–H and O–H groups in total. The normalized spacial score (nSPS) is 23.4. The summed E-state index contributed by atoms with van der Waals surface area (Å²) >= 11 is 6.20. The summed E-state index contributed by atoms with van der Waals surface area (Å²) < 4.78 is 5.74. The van der Waals surface area contributed by atoms with E-state index in [1.807, 2.05) is 6.07 Å².